The van der Waals surface area contributed by atoms with Gasteiger partial charge in [-0.25, -0.2) is 9.37 Å². The van der Waals surface area contributed by atoms with E-state index >= 15 is 4.39 Å². The van der Waals surface area contributed by atoms with Crippen LogP contribution in [0.25, 0.3) is 11.2 Å². The summed E-state index contributed by atoms with van der Waals surface area (Å²) in [5, 5.41) is 9.53. The Hall–Kier alpha value is -2.33. The number of aromatic nitrogens is 4. The smallest absolute Gasteiger partial charge is 0.226 e. The van der Waals surface area contributed by atoms with Gasteiger partial charge in [-0.05, 0) is 17.2 Å². The summed E-state index contributed by atoms with van der Waals surface area (Å²) in [6.07, 6.45) is -3.07. The molecule has 1 aliphatic heterocycles. The van der Waals surface area contributed by atoms with E-state index in [1.54, 1.807) is 0 Å². The van der Waals surface area contributed by atoms with Gasteiger partial charge in [-0.15, -0.1) is 0 Å². The van der Waals surface area contributed by atoms with Crippen LogP contribution in [0, 0.1) is 0 Å². The van der Waals surface area contributed by atoms with Gasteiger partial charge in [0.25, 0.3) is 0 Å². The highest BCUT2D eigenvalue weighted by Crippen LogP contribution is 2.36. The first-order valence-electron chi connectivity index (χ1n) is 8.30. The number of hydrogen-bond donors (Lipinski definition) is 2. The normalized spacial score (nSPS) is 25.3. The summed E-state index contributed by atoms with van der Waals surface area (Å²) < 4.78 is 28.0. The largest absolute Gasteiger partial charge is 0.394 e. The van der Waals surface area contributed by atoms with Crippen LogP contribution in [-0.2, 0) is 16.1 Å². The van der Waals surface area contributed by atoms with Crippen LogP contribution in [0.15, 0.2) is 36.7 Å². The van der Waals surface area contributed by atoms with Crippen molar-refractivity contribution < 1.29 is 19.0 Å². The minimum Gasteiger partial charge on any atom is -0.394 e. The number of imidazole rings is 1. The van der Waals surface area contributed by atoms with Crippen molar-refractivity contribution in [2.24, 2.45) is 0 Å². The molecular weight excluding hydrogens is 377 g/mol. The van der Waals surface area contributed by atoms with Gasteiger partial charge in [0.2, 0.25) is 5.28 Å². The standard InChI is InChI=1S/C17H17ClFN5O3/c18-17-22-14(20)12-15(23-17)24(8-21-12)16-11(19)13(10(6-25)27-16)26-7-9-4-2-1-3-5-9/h1-5,8,10-11,13,16,25H,6-7H2,(H2,20,22,23)/t10-,11+,13-,16-/m1/s1. The van der Waals surface area contributed by atoms with Crippen molar-refractivity contribution in [3.8, 4) is 0 Å². The summed E-state index contributed by atoms with van der Waals surface area (Å²) >= 11 is 5.86. The average molecular weight is 394 g/mol. The highest BCUT2D eigenvalue weighted by molar-refractivity contribution is 6.28. The number of hydrogen-bond acceptors (Lipinski definition) is 7. The second-order valence-electron chi connectivity index (χ2n) is 6.16. The molecule has 0 saturated carbocycles. The summed E-state index contributed by atoms with van der Waals surface area (Å²) in [4.78, 5) is 12.0. The predicted molar refractivity (Wildman–Crippen MR) is 95.7 cm³/mol. The van der Waals surface area contributed by atoms with Crippen molar-refractivity contribution in [2.75, 3.05) is 12.3 Å². The molecule has 1 saturated heterocycles. The number of benzene rings is 1. The van der Waals surface area contributed by atoms with Gasteiger partial charge in [0.1, 0.15) is 17.7 Å². The van der Waals surface area contributed by atoms with E-state index in [1.165, 1.54) is 10.9 Å². The molecule has 0 spiro atoms. The second kappa shape index (κ2) is 7.35. The van der Waals surface area contributed by atoms with Crippen molar-refractivity contribution in [3.63, 3.8) is 0 Å². The third kappa shape index (κ3) is 3.34. The van der Waals surface area contributed by atoms with Gasteiger partial charge in [-0.1, -0.05) is 30.3 Å². The third-order valence-electron chi connectivity index (χ3n) is 4.43. The topological polar surface area (TPSA) is 108 Å². The van der Waals surface area contributed by atoms with Crippen LogP contribution in [0.2, 0.25) is 5.28 Å². The maximum absolute atomic E-state index is 15.2. The van der Waals surface area contributed by atoms with Crippen LogP contribution in [0.1, 0.15) is 11.8 Å². The van der Waals surface area contributed by atoms with Crippen molar-refractivity contribution in [1.82, 2.24) is 19.5 Å². The van der Waals surface area contributed by atoms with E-state index in [0.717, 1.165) is 5.56 Å². The minimum atomic E-state index is -1.56. The van der Waals surface area contributed by atoms with Gasteiger partial charge in [-0.3, -0.25) is 4.57 Å². The summed E-state index contributed by atoms with van der Waals surface area (Å²) in [5.41, 5.74) is 7.23. The van der Waals surface area contributed by atoms with Crippen LogP contribution in [0.5, 0.6) is 0 Å². The first-order valence-corrected chi connectivity index (χ1v) is 8.67. The maximum atomic E-state index is 15.2. The molecule has 8 nitrogen and oxygen atoms in total. The highest BCUT2D eigenvalue weighted by Gasteiger charge is 2.47. The number of aliphatic hydroxyl groups is 1. The molecule has 4 atom stereocenters. The Morgan fingerprint density at radius 2 is 2.07 bits per heavy atom. The van der Waals surface area contributed by atoms with Gasteiger partial charge >= 0.3 is 0 Å². The molecular formula is C17H17ClFN5O3. The molecule has 1 aliphatic rings. The van der Waals surface area contributed by atoms with Crippen LogP contribution >= 0.6 is 11.6 Å². The molecule has 0 aliphatic carbocycles. The molecule has 3 aromatic rings. The lowest BCUT2D eigenvalue weighted by Gasteiger charge is -2.18. The van der Waals surface area contributed by atoms with Gasteiger partial charge in [-0.2, -0.15) is 9.97 Å². The summed E-state index contributed by atoms with van der Waals surface area (Å²) in [7, 11) is 0. The monoisotopic (exact) mass is 393 g/mol. The number of halogens is 2. The Bertz CT molecular complexity index is 941. The number of fused-ring (bicyclic) bond motifs is 1. The SMILES string of the molecule is Nc1nc(Cl)nc2c1ncn2[C@@H]1O[C@H](CO)[C@@H](OCc2ccccc2)[C@@H]1F. The van der Waals surface area contributed by atoms with E-state index in [-0.39, 0.29) is 30.0 Å². The van der Waals surface area contributed by atoms with Crippen molar-refractivity contribution in [3.05, 3.63) is 47.5 Å². The molecule has 10 heteroatoms. The summed E-state index contributed by atoms with van der Waals surface area (Å²) in [5.74, 6) is 0.0905. The molecule has 142 valence electrons. The molecule has 4 rings (SSSR count). The molecule has 0 radical (unpaired) electrons. The predicted octanol–water partition coefficient (Wildman–Crippen LogP) is 1.88. The molecule has 27 heavy (non-hydrogen) atoms. The Balaban J connectivity index is 1.59. The fraction of sp³-hybridized carbons (Fsp3) is 0.353. The van der Waals surface area contributed by atoms with Crippen LogP contribution in [-0.4, -0.2) is 49.6 Å². The number of ether oxygens (including phenoxy) is 2. The molecule has 1 aromatic carbocycles. The lowest BCUT2D eigenvalue weighted by molar-refractivity contribution is -0.0643. The summed E-state index contributed by atoms with van der Waals surface area (Å²) in [6.45, 7) is -0.189. The number of nitrogens with zero attached hydrogens (tertiary/aromatic N) is 4. The van der Waals surface area contributed by atoms with Crippen LogP contribution in [0.4, 0.5) is 10.2 Å². The van der Waals surface area contributed by atoms with E-state index in [2.05, 4.69) is 15.0 Å². The Kier molecular flexibility index (Phi) is 4.92. The number of anilines is 1. The van der Waals surface area contributed by atoms with Gasteiger partial charge < -0.3 is 20.3 Å². The van der Waals surface area contributed by atoms with Gasteiger partial charge in [0.05, 0.1) is 19.5 Å². The van der Waals surface area contributed by atoms with Crippen molar-refractivity contribution >= 4 is 28.6 Å². The first-order chi connectivity index (χ1) is 13.1. The Labute approximate surface area is 158 Å². The van der Waals surface area contributed by atoms with Crippen molar-refractivity contribution in [2.45, 2.75) is 31.2 Å². The zero-order valence-corrected chi connectivity index (χ0v) is 14.8. The van der Waals surface area contributed by atoms with Crippen LogP contribution in [0.3, 0.4) is 0 Å². The zero-order chi connectivity index (χ0) is 19.0. The molecule has 3 heterocycles. The lowest BCUT2D eigenvalue weighted by Crippen LogP contribution is -2.33. The van der Waals surface area contributed by atoms with E-state index in [1.807, 2.05) is 30.3 Å². The average Bonchev–Trinajstić information content (AvgIpc) is 3.21. The Morgan fingerprint density at radius 1 is 1.30 bits per heavy atom. The van der Waals surface area contributed by atoms with Crippen molar-refractivity contribution in [1.29, 1.82) is 0 Å². The summed E-state index contributed by atoms with van der Waals surface area (Å²) in [6, 6.07) is 9.37. The number of alkyl halides is 1. The number of nitrogen functional groups attached to an aromatic ring is 1. The minimum absolute atomic E-state index is 0.0780. The highest BCUT2D eigenvalue weighted by atomic mass is 35.5. The quantitative estimate of drug-likeness (QED) is 0.637. The van der Waals surface area contributed by atoms with Crippen LogP contribution < -0.4 is 5.73 Å². The fourth-order valence-electron chi connectivity index (χ4n) is 3.13. The fourth-order valence-corrected chi connectivity index (χ4v) is 3.30. The first kappa shape index (κ1) is 18.1. The van der Waals surface area contributed by atoms with E-state index < -0.39 is 24.6 Å². The molecule has 1 fully saturated rings. The molecule has 0 bridgehead atoms. The number of aliphatic hydroxyl groups excluding tert-OH is 1. The van der Waals surface area contributed by atoms with E-state index in [0.29, 0.717) is 5.52 Å². The van der Waals surface area contributed by atoms with Gasteiger partial charge in [0.15, 0.2) is 23.9 Å². The molecule has 0 amide bonds. The van der Waals surface area contributed by atoms with E-state index in [4.69, 9.17) is 26.8 Å². The third-order valence-corrected chi connectivity index (χ3v) is 4.60. The Morgan fingerprint density at radius 3 is 2.81 bits per heavy atom. The molecule has 2 aromatic heterocycles. The molecule has 0 unspecified atom stereocenters. The zero-order valence-electron chi connectivity index (χ0n) is 14.1. The van der Waals surface area contributed by atoms with Gasteiger partial charge in [0, 0.05) is 0 Å². The second-order valence-corrected chi connectivity index (χ2v) is 6.49. The number of nitrogens with two attached hydrogens (primary N) is 1. The lowest BCUT2D eigenvalue weighted by atomic mass is 10.1. The maximum Gasteiger partial charge on any atom is 0.226 e. The number of rotatable bonds is 5. The molecule has 3 N–H and O–H groups in total. The van der Waals surface area contributed by atoms with E-state index in [9.17, 15) is 5.11 Å².